The summed E-state index contributed by atoms with van der Waals surface area (Å²) in [5.74, 6) is 1.29. The first-order valence-corrected chi connectivity index (χ1v) is 9.31. The van der Waals surface area contributed by atoms with Gasteiger partial charge >= 0.3 is 6.18 Å². The summed E-state index contributed by atoms with van der Waals surface area (Å²) in [4.78, 5) is 25.0. The van der Waals surface area contributed by atoms with Crippen LogP contribution in [0.2, 0.25) is 0 Å². The Morgan fingerprint density at radius 1 is 1.13 bits per heavy atom. The smallest absolute Gasteiger partial charge is 0.422 e. The molecule has 158 valence electrons. The molecule has 0 spiro atoms. The Balaban J connectivity index is 1.39. The third kappa shape index (κ3) is 4.29. The fourth-order valence-electron chi connectivity index (χ4n) is 3.32. The van der Waals surface area contributed by atoms with Crippen molar-refractivity contribution in [1.29, 1.82) is 0 Å². The number of aryl methyl sites for hydroxylation is 1. The molecule has 11 heteroatoms. The Hall–Kier alpha value is -3.37. The molecule has 0 N–H and O–H groups in total. The Labute approximate surface area is 169 Å². The van der Waals surface area contributed by atoms with Crippen LogP contribution in [0.15, 0.2) is 36.7 Å². The molecule has 0 radical (unpaired) electrons. The van der Waals surface area contributed by atoms with Crippen molar-refractivity contribution in [1.82, 2.24) is 24.5 Å². The van der Waals surface area contributed by atoms with Crippen molar-refractivity contribution < 1.29 is 22.7 Å². The predicted octanol–water partition coefficient (Wildman–Crippen LogP) is 2.34. The summed E-state index contributed by atoms with van der Waals surface area (Å²) in [5, 5.41) is 4.21. The number of fused-ring (bicyclic) bond motifs is 1. The van der Waals surface area contributed by atoms with Gasteiger partial charge in [0.25, 0.3) is 11.7 Å². The van der Waals surface area contributed by atoms with Crippen molar-refractivity contribution >= 4 is 17.5 Å². The molecule has 0 unspecified atom stereocenters. The molecule has 1 aliphatic rings. The minimum absolute atomic E-state index is 0.0681. The molecule has 2 aromatic heterocycles. The highest BCUT2D eigenvalue weighted by atomic mass is 19.4. The van der Waals surface area contributed by atoms with Gasteiger partial charge < -0.3 is 14.5 Å². The number of anilines is 1. The Morgan fingerprint density at radius 2 is 1.83 bits per heavy atom. The molecule has 3 aromatic rings. The zero-order chi connectivity index (χ0) is 21.3. The number of carbonyl (C=O) groups excluding carboxylic acids is 1. The lowest BCUT2D eigenvalue weighted by Crippen LogP contribution is -2.49. The molecule has 1 amide bonds. The number of benzene rings is 1. The summed E-state index contributed by atoms with van der Waals surface area (Å²) < 4.78 is 43.0. The molecular formula is C19H19F3N6O2. The Morgan fingerprint density at radius 3 is 2.50 bits per heavy atom. The topological polar surface area (TPSA) is 75.9 Å². The largest absolute Gasteiger partial charge is 0.484 e. The molecule has 30 heavy (non-hydrogen) atoms. The van der Waals surface area contributed by atoms with E-state index >= 15 is 0 Å². The van der Waals surface area contributed by atoms with E-state index in [9.17, 15) is 18.0 Å². The highest BCUT2D eigenvalue weighted by Gasteiger charge is 2.28. The Bertz CT molecular complexity index is 1040. The fraction of sp³-hybridized carbons (Fsp3) is 0.368. The first kappa shape index (κ1) is 19.9. The molecule has 1 aliphatic heterocycles. The van der Waals surface area contributed by atoms with E-state index in [0.717, 1.165) is 11.5 Å². The van der Waals surface area contributed by atoms with E-state index < -0.39 is 12.8 Å². The zero-order valence-electron chi connectivity index (χ0n) is 16.1. The van der Waals surface area contributed by atoms with Crippen molar-refractivity contribution in [2.45, 2.75) is 13.1 Å². The normalized spacial score (nSPS) is 14.9. The number of ether oxygens (including phenoxy) is 1. The second kappa shape index (κ2) is 7.81. The summed E-state index contributed by atoms with van der Waals surface area (Å²) in [6.07, 6.45) is -2.95. The molecule has 0 saturated carbocycles. The minimum atomic E-state index is -4.40. The number of rotatable bonds is 4. The van der Waals surface area contributed by atoms with Crippen LogP contribution in [0.5, 0.6) is 5.75 Å². The molecule has 1 aromatic carbocycles. The van der Waals surface area contributed by atoms with E-state index in [1.54, 1.807) is 9.42 Å². The number of carbonyl (C=O) groups is 1. The van der Waals surface area contributed by atoms with Crippen LogP contribution in [-0.4, -0.2) is 69.4 Å². The van der Waals surface area contributed by atoms with E-state index in [4.69, 9.17) is 0 Å². The molecule has 3 heterocycles. The number of nitrogens with zero attached hydrogens (tertiary/aromatic N) is 6. The highest BCUT2D eigenvalue weighted by molar-refractivity contribution is 5.94. The fourth-order valence-corrected chi connectivity index (χ4v) is 3.32. The van der Waals surface area contributed by atoms with E-state index in [0.29, 0.717) is 37.5 Å². The van der Waals surface area contributed by atoms with Crippen molar-refractivity contribution in [2.24, 2.45) is 0 Å². The maximum Gasteiger partial charge on any atom is 0.422 e. The van der Waals surface area contributed by atoms with Crippen molar-refractivity contribution in [3.63, 3.8) is 0 Å². The third-order valence-electron chi connectivity index (χ3n) is 4.76. The first-order valence-electron chi connectivity index (χ1n) is 9.31. The summed E-state index contributed by atoms with van der Waals surface area (Å²) in [6.45, 7) is 2.75. The van der Waals surface area contributed by atoms with Gasteiger partial charge in [-0.15, -0.1) is 0 Å². The second-order valence-corrected chi connectivity index (χ2v) is 6.94. The molecule has 8 nitrogen and oxygen atoms in total. The number of hydrogen-bond donors (Lipinski definition) is 0. The van der Waals surface area contributed by atoms with Gasteiger partial charge in [0, 0.05) is 43.5 Å². The highest BCUT2D eigenvalue weighted by Crippen LogP contribution is 2.21. The molecular weight excluding hydrogens is 401 g/mol. The van der Waals surface area contributed by atoms with Crippen molar-refractivity contribution in [2.75, 3.05) is 37.7 Å². The summed E-state index contributed by atoms with van der Waals surface area (Å²) in [7, 11) is 0. The van der Waals surface area contributed by atoms with E-state index in [1.807, 2.05) is 13.0 Å². The van der Waals surface area contributed by atoms with Crippen LogP contribution in [0.3, 0.4) is 0 Å². The van der Waals surface area contributed by atoms with Gasteiger partial charge in [-0.25, -0.2) is 4.98 Å². The van der Waals surface area contributed by atoms with E-state index in [1.165, 1.54) is 30.6 Å². The minimum Gasteiger partial charge on any atom is -0.484 e. The number of halogens is 3. The Kier molecular flexibility index (Phi) is 5.18. The third-order valence-corrected chi connectivity index (χ3v) is 4.76. The first-order chi connectivity index (χ1) is 14.3. The lowest BCUT2D eigenvalue weighted by molar-refractivity contribution is -0.153. The van der Waals surface area contributed by atoms with Gasteiger partial charge in [-0.05, 0) is 31.2 Å². The monoisotopic (exact) mass is 420 g/mol. The van der Waals surface area contributed by atoms with Gasteiger partial charge in [0.15, 0.2) is 6.61 Å². The van der Waals surface area contributed by atoms with Gasteiger partial charge in [0.1, 0.15) is 17.9 Å². The van der Waals surface area contributed by atoms with Crippen LogP contribution >= 0.6 is 0 Å². The van der Waals surface area contributed by atoms with Crippen molar-refractivity contribution in [3.8, 4) is 5.75 Å². The van der Waals surface area contributed by atoms with Crippen LogP contribution < -0.4 is 9.64 Å². The van der Waals surface area contributed by atoms with Crippen LogP contribution in [0.25, 0.3) is 5.78 Å². The van der Waals surface area contributed by atoms with Gasteiger partial charge in [0.2, 0.25) is 0 Å². The number of hydrogen-bond acceptors (Lipinski definition) is 6. The number of alkyl halides is 3. The van der Waals surface area contributed by atoms with Crippen LogP contribution in [0.1, 0.15) is 16.1 Å². The second-order valence-electron chi connectivity index (χ2n) is 6.94. The maximum absolute atomic E-state index is 12.7. The molecule has 0 aliphatic carbocycles. The lowest BCUT2D eigenvalue weighted by atomic mass is 10.1. The van der Waals surface area contributed by atoms with Crippen LogP contribution in [0, 0.1) is 6.92 Å². The zero-order valence-corrected chi connectivity index (χ0v) is 16.1. The molecule has 0 bridgehead atoms. The van der Waals surface area contributed by atoms with E-state index in [-0.39, 0.29) is 11.7 Å². The summed E-state index contributed by atoms with van der Waals surface area (Å²) in [6, 6.07) is 7.63. The quantitative estimate of drug-likeness (QED) is 0.645. The molecule has 4 rings (SSSR count). The number of amides is 1. The average molecular weight is 420 g/mol. The van der Waals surface area contributed by atoms with E-state index in [2.05, 4.69) is 24.7 Å². The number of piperazine rings is 1. The summed E-state index contributed by atoms with van der Waals surface area (Å²) >= 11 is 0. The predicted molar refractivity (Wildman–Crippen MR) is 102 cm³/mol. The molecule has 0 atom stereocenters. The molecule has 1 fully saturated rings. The van der Waals surface area contributed by atoms with Crippen molar-refractivity contribution in [3.05, 3.63) is 47.9 Å². The summed E-state index contributed by atoms with van der Waals surface area (Å²) in [5.41, 5.74) is 1.23. The van der Waals surface area contributed by atoms with Gasteiger partial charge in [0.05, 0.1) is 0 Å². The van der Waals surface area contributed by atoms with Gasteiger partial charge in [-0.2, -0.15) is 27.8 Å². The van der Waals surface area contributed by atoms with Crippen LogP contribution in [0.4, 0.5) is 19.0 Å². The van der Waals surface area contributed by atoms with Gasteiger partial charge in [-0.3, -0.25) is 4.79 Å². The van der Waals surface area contributed by atoms with Crippen LogP contribution in [-0.2, 0) is 0 Å². The standard InChI is InChI=1S/C19H19F3N6O2/c1-13-10-16(28-18(25-13)23-12-24-28)26-6-8-27(9-7-26)17(29)14-2-4-15(5-3-14)30-11-19(20,21)22/h2-5,10,12H,6-9,11H2,1H3. The van der Waals surface area contributed by atoms with Gasteiger partial charge in [-0.1, -0.05) is 0 Å². The number of aromatic nitrogens is 4. The lowest BCUT2D eigenvalue weighted by Gasteiger charge is -2.36. The maximum atomic E-state index is 12.7. The molecule has 1 saturated heterocycles. The SMILES string of the molecule is Cc1cc(N2CCN(C(=O)c3ccc(OCC(F)(F)F)cc3)CC2)n2ncnc2n1. The average Bonchev–Trinajstić information content (AvgIpc) is 3.19.